The van der Waals surface area contributed by atoms with Crippen molar-refractivity contribution in [3.05, 3.63) is 66.6 Å². The Morgan fingerprint density at radius 1 is 1.24 bits per heavy atom. The number of esters is 1. The van der Waals surface area contributed by atoms with E-state index in [2.05, 4.69) is 32.9 Å². The van der Waals surface area contributed by atoms with Gasteiger partial charge in [-0.1, -0.05) is 52.5 Å². The highest BCUT2D eigenvalue weighted by Gasteiger charge is 2.19. The molecule has 10 heteroatoms. The van der Waals surface area contributed by atoms with Gasteiger partial charge in [-0.25, -0.2) is 9.78 Å². The topological polar surface area (TPSA) is 82.8 Å². The van der Waals surface area contributed by atoms with E-state index in [1.807, 2.05) is 6.07 Å². The van der Waals surface area contributed by atoms with Gasteiger partial charge in [-0.15, -0.1) is 0 Å². The summed E-state index contributed by atoms with van der Waals surface area (Å²) in [6.07, 6.45) is 3.03. The van der Waals surface area contributed by atoms with Crippen LogP contribution in [0.3, 0.4) is 0 Å². The van der Waals surface area contributed by atoms with Gasteiger partial charge in [0.15, 0.2) is 11.9 Å². The van der Waals surface area contributed by atoms with Crippen molar-refractivity contribution in [2.75, 3.05) is 6.61 Å². The maximum absolute atomic E-state index is 13.2. The molecule has 0 aliphatic rings. The van der Waals surface area contributed by atoms with E-state index in [4.69, 9.17) is 32.7 Å². The number of carbonyl (C=O) groups excluding carboxylic acids is 1. The SMILES string of the molecule is CCCCc1nc2ccc(Br)cc2c(=O)n1N=Cc1cc(Cl)c(O[C@@H](C)C(=O)OCC)c(Cl)c1. The Labute approximate surface area is 215 Å². The van der Waals surface area contributed by atoms with Gasteiger partial charge in [-0.2, -0.15) is 9.78 Å². The molecule has 0 amide bonds. The third kappa shape index (κ3) is 6.17. The maximum Gasteiger partial charge on any atom is 0.347 e. The van der Waals surface area contributed by atoms with Gasteiger partial charge in [0.2, 0.25) is 0 Å². The number of rotatable bonds is 9. The Balaban J connectivity index is 1.97. The molecule has 34 heavy (non-hydrogen) atoms. The molecule has 0 unspecified atom stereocenters. The average Bonchev–Trinajstić information content (AvgIpc) is 2.80. The lowest BCUT2D eigenvalue weighted by molar-refractivity contribution is -0.150. The third-order valence-corrected chi connectivity index (χ3v) is 5.94. The molecule has 7 nitrogen and oxygen atoms in total. The minimum atomic E-state index is -0.878. The second-order valence-electron chi connectivity index (χ2n) is 7.48. The molecule has 0 radical (unpaired) electrons. The van der Waals surface area contributed by atoms with Crippen molar-refractivity contribution in [2.45, 2.75) is 46.1 Å². The predicted molar refractivity (Wildman–Crippen MR) is 138 cm³/mol. The van der Waals surface area contributed by atoms with Gasteiger partial charge in [0.1, 0.15) is 5.82 Å². The van der Waals surface area contributed by atoms with Crippen LogP contribution in [0.4, 0.5) is 0 Å². The van der Waals surface area contributed by atoms with E-state index in [0.717, 1.165) is 17.3 Å². The zero-order valence-corrected chi connectivity index (χ0v) is 22.1. The molecule has 1 aromatic heterocycles. The molecular weight excluding hydrogens is 545 g/mol. The predicted octanol–water partition coefficient (Wildman–Crippen LogP) is 6.02. The zero-order valence-electron chi connectivity index (χ0n) is 19.0. The number of halogens is 3. The smallest absolute Gasteiger partial charge is 0.347 e. The molecule has 0 saturated carbocycles. The first kappa shape index (κ1) is 26.2. The van der Waals surface area contributed by atoms with Crippen molar-refractivity contribution in [1.29, 1.82) is 0 Å². The summed E-state index contributed by atoms with van der Waals surface area (Å²) in [5.41, 5.74) is 0.900. The molecule has 0 aliphatic heterocycles. The summed E-state index contributed by atoms with van der Waals surface area (Å²) in [4.78, 5) is 29.7. The van der Waals surface area contributed by atoms with Crippen molar-refractivity contribution in [2.24, 2.45) is 5.10 Å². The van der Waals surface area contributed by atoms with E-state index < -0.39 is 12.1 Å². The Bertz CT molecular complexity index is 1270. The van der Waals surface area contributed by atoms with E-state index in [1.165, 1.54) is 10.9 Å². The fraction of sp³-hybridized carbons (Fsp3) is 0.333. The summed E-state index contributed by atoms with van der Waals surface area (Å²) in [5.74, 6) is 0.215. The zero-order chi connectivity index (χ0) is 24.8. The fourth-order valence-corrected chi connectivity index (χ4v) is 4.14. The summed E-state index contributed by atoms with van der Waals surface area (Å²) in [5, 5.41) is 5.26. The summed E-state index contributed by atoms with van der Waals surface area (Å²) in [6.45, 7) is 5.57. The highest BCUT2D eigenvalue weighted by Crippen LogP contribution is 2.34. The van der Waals surface area contributed by atoms with Crippen molar-refractivity contribution in [3.63, 3.8) is 0 Å². The number of aryl methyl sites for hydroxylation is 1. The fourth-order valence-electron chi connectivity index (χ4n) is 3.19. The number of hydrogen-bond acceptors (Lipinski definition) is 6. The quantitative estimate of drug-likeness (QED) is 0.233. The number of aromatic nitrogens is 2. The second-order valence-corrected chi connectivity index (χ2v) is 9.21. The van der Waals surface area contributed by atoms with Crippen LogP contribution in [0, 0.1) is 0 Å². The minimum Gasteiger partial charge on any atom is -0.476 e. The summed E-state index contributed by atoms with van der Waals surface area (Å²) >= 11 is 16.1. The van der Waals surface area contributed by atoms with Crippen LogP contribution in [-0.2, 0) is 16.0 Å². The number of unbranched alkanes of at least 4 members (excludes halogenated alkanes) is 1. The Morgan fingerprint density at radius 3 is 2.59 bits per heavy atom. The molecule has 3 rings (SSSR count). The van der Waals surface area contributed by atoms with E-state index >= 15 is 0 Å². The van der Waals surface area contributed by atoms with Gasteiger partial charge in [-0.3, -0.25) is 4.79 Å². The van der Waals surface area contributed by atoms with Crippen molar-refractivity contribution < 1.29 is 14.3 Å². The highest BCUT2D eigenvalue weighted by molar-refractivity contribution is 9.10. The molecule has 0 bridgehead atoms. The molecule has 0 aliphatic carbocycles. The lowest BCUT2D eigenvalue weighted by Crippen LogP contribution is -2.26. The Morgan fingerprint density at radius 2 is 1.94 bits per heavy atom. The van der Waals surface area contributed by atoms with E-state index in [0.29, 0.717) is 28.7 Å². The molecular formula is C24H24BrCl2N3O4. The van der Waals surface area contributed by atoms with Crippen molar-refractivity contribution in [1.82, 2.24) is 9.66 Å². The van der Waals surface area contributed by atoms with Crippen molar-refractivity contribution >= 4 is 62.2 Å². The lowest BCUT2D eigenvalue weighted by Gasteiger charge is -2.16. The maximum atomic E-state index is 13.2. The average molecular weight is 569 g/mol. The monoisotopic (exact) mass is 567 g/mol. The standard InChI is InChI=1S/C24H24BrCl2N3O4/c1-4-6-7-21-29-20-9-8-16(25)12-17(20)23(31)30(21)28-13-15-10-18(26)22(19(27)11-15)34-14(3)24(32)33-5-2/h8-14H,4-7H2,1-3H3/t14-/m0/s1. The van der Waals surface area contributed by atoms with Crippen LogP contribution in [0.2, 0.25) is 10.0 Å². The van der Waals surface area contributed by atoms with Gasteiger partial charge < -0.3 is 9.47 Å². The van der Waals surface area contributed by atoms with Gasteiger partial charge in [0, 0.05) is 10.9 Å². The third-order valence-electron chi connectivity index (χ3n) is 4.89. The number of ether oxygens (including phenoxy) is 2. The lowest BCUT2D eigenvalue weighted by atomic mass is 10.2. The molecule has 1 heterocycles. The Hall–Kier alpha value is -2.42. The van der Waals surface area contributed by atoms with Crippen LogP contribution in [0.25, 0.3) is 10.9 Å². The molecule has 180 valence electrons. The van der Waals surface area contributed by atoms with E-state index in [1.54, 1.807) is 38.1 Å². The van der Waals surface area contributed by atoms with E-state index in [9.17, 15) is 9.59 Å². The van der Waals surface area contributed by atoms with E-state index in [-0.39, 0.29) is 28.0 Å². The number of hydrogen-bond donors (Lipinski definition) is 0. The van der Waals surface area contributed by atoms with Crippen LogP contribution in [0.15, 0.2) is 44.7 Å². The van der Waals surface area contributed by atoms with Gasteiger partial charge in [0.05, 0.1) is 33.8 Å². The molecule has 2 aromatic carbocycles. The second kappa shape index (κ2) is 11.8. The first-order valence-electron chi connectivity index (χ1n) is 10.8. The molecule has 1 atom stereocenters. The van der Waals surface area contributed by atoms with Gasteiger partial charge in [-0.05, 0) is 56.2 Å². The summed E-state index contributed by atoms with van der Waals surface area (Å²) in [7, 11) is 0. The largest absolute Gasteiger partial charge is 0.476 e. The first-order chi connectivity index (χ1) is 16.2. The van der Waals surface area contributed by atoms with Crippen LogP contribution in [-0.4, -0.2) is 34.6 Å². The molecule has 0 saturated heterocycles. The van der Waals surface area contributed by atoms with Crippen molar-refractivity contribution in [3.8, 4) is 5.75 Å². The number of benzene rings is 2. The number of nitrogens with zero attached hydrogens (tertiary/aromatic N) is 3. The van der Waals surface area contributed by atoms with Crippen LogP contribution in [0.1, 0.15) is 45.0 Å². The molecule has 3 aromatic rings. The highest BCUT2D eigenvalue weighted by atomic mass is 79.9. The summed E-state index contributed by atoms with van der Waals surface area (Å²) in [6, 6.07) is 8.56. The van der Waals surface area contributed by atoms with Crippen LogP contribution in [0.5, 0.6) is 5.75 Å². The number of carbonyl (C=O) groups is 1. The van der Waals surface area contributed by atoms with Gasteiger partial charge in [0.25, 0.3) is 5.56 Å². The normalized spacial score (nSPS) is 12.3. The molecule has 0 fully saturated rings. The summed E-state index contributed by atoms with van der Waals surface area (Å²) < 4.78 is 12.6. The molecule has 0 spiro atoms. The minimum absolute atomic E-state index is 0.166. The van der Waals surface area contributed by atoms with Gasteiger partial charge >= 0.3 is 5.97 Å². The Kier molecular flexibility index (Phi) is 9.10. The van der Waals surface area contributed by atoms with Crippen LogP contribution >= 0.6 is 39.1 Å². The molecule has 0 N–H and O–H groups in total. The first-order valence-corrected chi connectivity index (χ1v) is 12.4. The number of fused-ring (bicyclic) bond motifs is 1. The van der Waals surface area contributed by atoms with Crippen LogP contribution < -0.4 is 10.3 Å².